The summed E-state index contributed by atoms with van der Waals surface area (Å²) in [6, 6.07) is 4.33. The van der Waals surface area contributed by atoms with Crippen LogP contribution in [0.1, 0.15) is 30.5 Å². The van der Waals surface area contributed by atoms with Gasteiger partial charge in [0.25, 0.3) is 0 Å². The summed E-state index contributed by atoms with van der Waals surface area (Å²) >= 11 is 0. The second kappa shape index (κ2) is 4.06. The Balaban J connectivity index is 1.83. The highest BCUT2D eigenvalue weighted by Crippen LogP contribution is 2.24. The molecular weight excluding hydrogens is 200 g/mol. The number of pyridine rings is 1. The van der Waals surface area contributed by atoms with Crippen molar-refractivity contribution in [2.75, 3.05) is 18.0 Å². The summed E-state index contributed by atoms with van der Waals surface area (Å²) in [5.74, 6) is 1.06. The number of rotatable bonds is 1. The highest BCUT2D eigenvalue weighted by molar-refractivity contribution is 5.43. The Labute approximate surface area is 96.1 Å². The summed E-state index contributed by atoms with van der Waals surface area (Å²) in [4.78, 5) is 6.94. The molecule has 1 N–H and O–H groups in total. The molecule has 1 aromatic rings. The van der Waals surface area contributed by atoms with Gasteiger partial charge in [-0.1, -0.05) is 6.07 Å². The number of aliphatic hydroxyl groups excluding tert-OH is 1. The van der Waals surface area contributed by atoms with Crippen LogP contribution in [0.3, 0.4) is 0 Å². The van der Waals surface area contributed by atoms with Crippen LogP contribution < -0.4 is 4.90 Å². The van der Waals surface area contributed by atoms with E-state index in [1.54, 1.807) is 0 Å². The van der Waals surface area contributed by atoms with E-state index in [-0.39, 0.29) is 6.10 Å². The van der Waals surface area contributed by atoms with Gasteiger partial charge in [-0.3, -0.25) is 0 Å². The molecule has 0 unspecified atom stereocenters. The zero-order valence-corrected chi connectivity index (χ0v) is 9.52. The average Bonchev–Trinajstić information content (AvgIpc) is 2.75. The predicted octanol–water partition coefficient (Wildman–Crippen LogP) is 1.53. The van der Waals surface area contributed by atoms with E-state index in [0.717, 1.165) is 38.2 Å². The minimum absolute atomic E-state index is 0.177. The fraction of sp³-hybridized carbons (Fsp3) is 0.615. The van der Waals surface area contributed by atoms with Gasteiger partial charge in [0.1, 0.15) is 5.82 Å². The molecule has 1 aliphatic carbocycles. The van der Waals surface area contributed by atoms with Crippen molar-refractivity contribution in [1.82, 2.24) is 4.98 Å². The number of aryl methyl sites for hydroxylation is 2. The number of aliphatic hydroxyl groups is 1. The Morgan fingerprint density at radius 2 is 2.19 bits per heavy atom. The molecule has 1 aromatic heterocycles. The standard InChI is InChI=1S/C13H18N2O/c16-11-4-2-8-15(9-11)13-7-6-10-3-1-5-12(10)14-13/h6-7,11,16H,1-5,8-9H2/t11-/m0/s1. The lowest BCUT2D eigenvalue weighted by Crippen LogP contribution is -2.38. The summed E-state index contributed by atoms with van der Waals surface area (Å²) in [7, 11) is 0. The average molecular weight is 218 g/mol. The summed E-state index contributed by atoms with van der Waals surface area (Å²) in [5.41, 5.74) is 2.69. The minimum Gasteiger partial charge on any atom is -0.391 e. The lowest BCUT2D eigenvalue weighted by molar-refractivity contribution is 0.154. The number of piperidine rings is 1. The Hall–Kier alpha value is -1.09. The van der Waals surface area contributed by atoms with Crippen molar-refractivity contribution in [3.8, 4) is 0 Å². The quantitative estimate of drug-likeness (QED) is 0.776. The maximum absolute atomic E-state index is 9.66. The number of fused-ring (bicyclic) bond motifs is 1. The lowest BCUT2D eigenvalue weighted by Gasteiger charge is -2.31. The third-order valence-electron chi connectivity index (χ3n) is 3.63. The third kappa shape index (κ3) is 1.80. The Morgan fingerprint density at radius 1 is 1.25 bits per heavy atom. The first-order valence-electron chi connectivity index (χ1n) is 6.25. The van der Waals surface area contributed by atoms with E-state index in [2.05, 4.69) is 17.0 Å². The van der Waals surface area contributed by atoms with Gasteiger partial charge < -0.3 is 10.0 Å². The van der Waals surface area contributed by atoms with E-state index in [4.69, 9.17) is 4.98 Å². The summed E-state index contributed by atoms with van der Waals surface area (Å²) in [5, 5.41) is 9.66. The molecule has 3 nitrogen and oxygen atoms in total. The number of aromatic nitrogens is 1. The molecule has 0 aromatic carbocycles. The predicted molar refractivity (Wildman–Crippen MR) is 63.7 cm³/mol. The van der Waals surface area contributed by atoms with Gasteiger partial charge in [-0.15, -0.1) is 0 Å². The van der Waals surface area contributed by atoms with Crippen LogP contribution in [-0.4, -0.2) is 29.3 Å². The van der Waals surface area contributed by atoms with E-state index < -0.39 is 0 Å². The second-order valence-electron chi connectivity index (χ2n) is 4.87. The van der Waals surface area contributed by atoms with Crippen LogP contribution in [0.25, 0.3) is 0 Å². The smallest absolute Gasteiger partial charge is 0.128 e. The SMILES string of the molecule is O[C@H]1CCCN(c2ccc3c(n2)CCC3)C1. The van der Waals surface area contributed by atoms with Gasteiger partial charge in [0, 0.05) is 18.8 Å². The third-order valence-corrected chi connectivity index (χ3v) is 3.63. The van der Waals surface area contributed by atoms with Crippen molar-refractivity contribution in [3.05, 3.63) is 23.4 Å². The molecule has 1 atom stereocenters. The van der Waals surface area contributed by atoms with Crippen LogP contribution in [-0.2, 0) is 12.8 Å². The molecule has 0 saturated carbocycles. The number of anilines is 1. The van der Waals surface area contributed by atoms with Gasteiger partial charge in [-0.2, -0.15) is 0 Å². The van der Waals surface area contributed by atoms with Crippen LogP contribution in [0.5, 0.6) is 0 Å². The molecule has 3 heteroatoms. The van der Waals surface area contributed by atoms with E-state index in [9.17, 15) is 5.11 Å². The number of β-amino-alcohol motifs (C(OH)–C–C–N with tert-alkyl or cyclic N) is 1. The second-order valence-corrected chi connectivity index (χ2v) is 4.87. The molecule has 0 amide bonds. The molecule has 0 radical (unpaired) electrons. The van der Waals surface area contributed by atoms with Gasteiger partial charge in [-0.25, -0.2) is 4.98 Å². The van der Waals surface area contributed by atoms with Gasteiger partial charge in [0.05, 0.1) is 6.10 Å². The molecule has 86 valence electrons. The number of nitrogens with zero attached hydrogens (tertiary/aromatic N) is 2. The maximum Gasteiger partial charge on any atom is 0.128 e. The molecule has 0 spiro atoms. The topological polar surface area (TPSA) is 36.4 Å². The molecule has 0 bridgehead atoms. The van der Waals surface area contributed by atoms with Crippen molar-refractivity contribution in [2.24, 2.45) is 0 Å². The monoisotopic (exact) mass is 218 g/mol. The Morgan fingerprint density at radius 3 is 3.06 bits per heavy atom. The summed E-state index contributed by atoms with van der Waals surface area (Å²) < 4.78 is 0. The summed E-state index contributed by atoms with van der Waals surface area (Å²) in [6.07, 6.45) is 5.38. The van der Waals surface area contributed by atoms with Gasteiger partial charge in [-0.05, 0) is 43.7 Å². The molecular formula is C13H18N2O. The normalized spacial score (nSPS) is 24.6. The van der Waals surface area contributed by atoms with Crippen LogP contribution in [0.4, 0.5) is 5.82 Å². The Kier molecular flexibility index (Phi) is 2.56. The first-order chi connectivity index (χ1) is 7.83. The van der Waals surface area contributed by atoms with Crippen LogP contribution in [0.2, 0.25) is 0 Å². The Bertz CT molecular complexity index is 392. The van der Waals surface area contributed by atoms with Crippen molar-refractivity contribution < 1.29 is 5.11 Å². The van der Waals surface area contributed by atoms with Crippen LogP contribution in [0.15, 0.2) is 12.1 Å². The molecule has 1 aliphatic heterocycles. The molecule has 2 heterocycles. The van der Waals surface area contributed by atoms with E-state index in [1.807, 2.05) is 0 Å². The molecule has 1 fully saturated rings. The first-order valence-corrected chi connectivity index (χ1v) is 6.25. The first kappa shape index (κ1) is 10.1. The maximum atomic E-state index is 9.66. The molecule has 16 heavy (non-hydrogen) atoms. The van der Waals surface area contributed by atoms with E-state index >= 15 is 0 Å². The van der Waals surface area contributed by atoms with Crippen LogP contribution in [0, 0.1) is 0 Å². The van der Waals surface area contributed by atoms with E-state index in [0.29, 0.717) is 0 Å². The molecule has 3 rings (SSSR count). The van der Waals surface area contributed by atoms with Crippen LogP contribution >= 0.6 is 0 Å². The lowest BCUT2D eigenvalue weighted by atomic mass is 10.1. The highest BCUT2D eigenvalue weighted by atomic mass is 16.3. The van der Waals surface area contributed by atoms with Crippen molar-refractivity contribution in [2.45, 2.75) is 38.2 Å². The summed E-state index contributed by atoms with van der Waals surface area (Å²) in [6.45, 7) is 1.77. The van der Waals surface area contributed by atoms with Crippen molar-refractivity contribution >= 4 is 5.82 Å². The molecule has 1 saturated heterocycles. The fourth-order valence-corrected chi connectivity index (χ4v) is 2.75. The minimum atomic E-state index is -0.177. The van der Waals surface area contributed by atoms with E-state index in [1.165, 1.54) is 24.1 Å². The zero-order chi connectivity index (χ0) is 11.0. The van der Waals surface area contributed by atoms with Crippen molar-refractivity contribution in [1.29, 1.82) is 0 Å². The number of hydrogen-bond donors (Lipinski definition) is 1. The fourth-order valence-electron chi connectivity index (χ4n) is 2.75. The highest BCUT2D eigenvalue weighted by Gasteiger charge is 2.20. The van der Waals surface area contributed by atoms with Crippen molar-refractivity contribution in [3.63, 3.8) is 0 Å². The van der Waals surface area contributed by atoms with Gasteiger partial charge in [0.15, 0.2) is 0 Å². The number of hydrogen-bond acceptors (Lipinski definition) is 3. The van der Waals surface area contributed by atoms with Gasteiger partial charge >= 0.3 is 0 Å². The zero-order valence-electron chi connectivity index (χ0n) is 9.52. The molecule has 2 aliphatic rings. The van der Waals surface area contributed by atoms with Gasteiger partial charge in [0.2, 0.25) is 0 Å². The largest absolute Gasteiger partial charge is 0.391 e.